The molecule has 1 heterocycles. The molecule has 5 nitrogen and oxygen atoms in total. The molecule has 1 aliphatic heterocycles. The van der Waals surface area contributed by atoms with Crippen molar-refractivity contribution in [2.24, 2.45) is 0 Å². The van der Waals surface area contributed by atoms with E-state index in [9.17, 15) is 10.2 Å². The third-order valence-electron chi connectivity index (χ3n) is 3.60. The van der Waals surface area contributed by atoms with Gasteiger partial charge < -0.3 is 14.9 Å². The van der Waals surface area contributed by atoms with Crippen molar-refractivity contribution >= 4 is 0 Å². The highest BCUT2D eigenvalue weighted by Crippen LogP contribution is 2.14. The van der Waals surface area contributed by atoms with Crippen LogP contribution in [-0.4, -0.2) is 53.6 Å². The molecule has 1 aromatic rings. The van der Waals surface area contributed by atoms with Crippen LogP contribution in [0.1, 0.15) is 18.4 Å². The van der Waals surface area contributed by atoms with Crippen LogP contribution in [0, 0.1) is 11.3 Å². The van der Waals surface area contributed by atoms with Gasteiger partial charge in [-0.3, -0.25) is 4.90 Å². The summed E-state index contributed by atoms with van der Waals surface area (Å²) < 4.78 is 5.55. The van der Waals surface area contributed by atoms with E-state index in [-0.39, 0.29) is 12.7 Å². The minimum absolute atomic E-state index is 0.226. The summed E-state index contributed by atoms with van der Waals surface area (Å²) in [4.78, 5) is 2.07. The second kappa shape index (κ2) is 7.99. The van der Waals surface area contributed by atoms with E-state index in [0.29, 0.717) is 25.3 Å². The molecule has 2 N–H and O–H groups in total. The molecule has 0 radical (unpaired) electrons. The summed E-state index contributed by atoms with van der Waals surface area (Å²) in [6.45, 7) is 2.28. The topological polar surface area (TPSA) is 76.7 Å². The Hall–Kier alpha value is -1.61. The molecule has 0 bridgehead atoms. The Kier molecular flexibility index (Phi) is 6.00. The Balaban J connectivity index is 1.73. The van der Waals surface area contributed by atoms with Crippen molar-refractivity contribution in [1.82, 2.24) is 4.90 Å². The Morgan fingerprint density at radius 1 is 1.38 bits per heavy atom. The molecule has 0 aliphatic carbocycles. The largest absolute Gasteiger partial charge is 0.491 e. The van der Waals surface area contributed by atoms with Gasteiger partial charge in [-0.15, -0.1) is 0 Å². The van der Waals surface area contributed by atoms with Gasteiger partial charge in [0.15, 0.2) is 0 Å². The van der Waals surface area contributed by atoms with Crippen LogP contribution in [0.2, 0.25) is 0 Å². The van der Waals surface area contributed by atoms with Crippen molar-refractivity contribution in [2.75, 3.05) is 26.2 Å². The van der Waals surface area contributed by atoms with Gasteiger partial charge in [0.05, 0.1) is 18.6 Å². The second-order valence-corrected chi connectivity index (χ2v) is 5.50. The van der Waals surface area contributed by atoms with Gasteiger partial charge in [-0.05, 0) is 37.1 Å². The highest BCUT2D eigenvalue weighted by Gasteiger charge is 2.20. The Labute approximate surface area is 125 Å². The van der Waals surface area contributed by atoms with Crippen LogP contribution in [0.4, 0.5) is 0 Å². The van der Waals surface area contributed by atoms with Gasteiger partial charge >= 0.3 is 0 Å². The molecule has 0 unspecified atom stereocenters. The van der Waals surface area contributed by atoms with Crippen molar-refractivity contribution in [1.29, 1.82) is 5.26 Å². The molecule has 1 saturated heterocycles. The van der Waals surface area contributed by atoms with Gasteiger partial charge in [0, 0.05) is 13.1 Å². The standard InChI is InChI=1S/C16H22N2O3/c17-8-7-13-3-5-16(6-4-13)21-12-15(20)11-18-9-1-2-14(19)10-18/h3-6,14-15,19-20H,1-2,7,9-12H2/t14-,15+/m1/s1. The van der Waals surface area contributed by atoms with Gasteiger partial charge in [-0.2, -0.15) is 5.26 Å². The van der Waals surface area contributed by atoms with Crippen LogP contribution in [0.15, 0.2) is 24.3 Å². The van der Waals surface area contributed by atoms with Crippen molar-refractivity contribution in [3.05, 3.63) is 29.8 Å². The maximum atomic E-state index is 10.00. The van der Waals surface area contributed by atoms with Gasteiger partial charge in [-0.25, -0.2) is 0 Å². The van der Waals surface area contributed by atoms with E-state index in [0.717, 1.165) is 24.9 Å². The fourth-order valence-corrected chi connectivity index (χ4v) is 2.53. The summed E-state index contributed by atoms with van der Waals surface area (Å²) in [6.07, 6.45) is 1.35. The van der Waals surface area contributed by atoms with E-state index in [1.807, 2.05) is 24.3 Å². The highest BCUT2D eigenvalue weighted by molar-refractivity contribution is 5.28. The predicted octanol–water partition coefficient (Wildman–Crippen LogP) is 0.949. The number of piperidine rings is 1. The first kappa shape index (κ1) is 15.8. The zero-order chi connectivity index (χ0) is 15.1. The number of β-amino-alcohol motifs (C(OH)–C–C–N with tert-alkyl or cyclic N) is 2. The predicted molar refractivity (Wildman–Crippen MR) is 78.9 cm³/mol. The van der Waals surface area contributed by atoms with E-state index in [1.165, 1.54) is 0 Å². The lowest BCUT2D eigenvalue weighted by atomic mass is 10.1. The molecular weight excluding hydrogens is 268 g/mol. The molecule has 0 aromatic heterocycles. The second-order valence-electron chi connectivity index (χ2n) is 5.50. The first-order chi connectivity index (χ1) is 10.2. The molecule has 5 heteroatoms. The molecule has 1 aromatic carbocycles. The van der Waals surface area contributed by atoms with Gasteiger partial charge in [-0.1, -0.05) is 12.1 Å². The monoisotopic (exact) mass is 290 g/mol. The number of likely N-dealkylation sites (tertiary alicyclic amines) is 1. The fraction of sp³-hybridized carbons (Fsp3) is 0.562. The zero-order valence-electron chi connectivity index (χ0n) is 12.1. The summed E-state index contributed by atoms with van der Waals surface area (Å²) in [5.41, 5.74) is 0.952. The molecule has 0 spiro atoms. The number of rotatable bonds is 6. The van der Waals surface area contributed by atoms with Crippen molar-refractivity contribution < 1.29 is 14.9 Å². The zero-order valence-corrected chi connectivity index (χ0v) is 12.1. The Morgan fingerprint density at radius 2 is 2.14 bits per heavy atom. The maximum absolute atomic E-state index is 10.00. The molecule has 2 rings (SSSR count). The lowest BCUT2D eigenvalue weighted by Crippen LogP contribution is -2.43. The molecule has 114 valence electrons. The molecule has 0 amide bonds. The normalized spacial score (nSPS) is 20.7. The number of hydrogen-bond acceptors (Lipinski definition) is 5. The SMILES string of the molecule is N#CCc1ccc(OC[C@@H](O)CN2CCC[C@@H](O)C2)cc1. The first-order valence-electron chi connectivity index (χ1n) is 7.34. The smallest absolute Gasteiger partial charge is 0.119 e. The highest BCUT2D eigenvalue weighted by atomic mass is 16.5. The van der Waals surface area contributed by atoms with Crippen molar-refractivity contribution in [3.8, 4) is 11.8 Å². The molecular formula is C16H22N2O3. The van der Waals surface area contributed by atoms with E-state index in [4.69, 9.17) is 10.00 Å². The summed E-state index contributed by atoms with van der Waals surface area (Å²) in [5.74, 6) is 0.689. The van der Waals surface area contributed by atoms with Crippen LogP contribution in [0.25, 0.3) is 0 Å². The van der Waals surface area contributed by atoms with Crippen LogP contribution in [-0.2, 0) is 6.42 Å². The van der Waals surface area contributed by atoms with Crippen LogP contribution in [0.5, 0.6) is 5.75 Å². The van der Waals surface area contributed by atoms with Crippen LogP contribution < -0.4 is 4.74 Å². The number of aliphatic hydroxyl groups is 2. The Morgan fingerprint density at radius 3 is 2.81 bits per heavy atom. The number of ether oxygens (including phenoxy) is 1. The lowest BCUT2D eigenvalue weighted by Gasteiger charge is -2.31. The average Bonchev–Trinajstić information content (AvgIpc) is 2.47. The molecule has 21 heavy (non-hydrogen) atoms. The van der Waals surface area contributed by atoms with Crippen LogP contribution >= 0.6 is 0 Å². The number of benzene rings is 1. The first-order valence-corrected chi connectivity index (χ1v) is 7.34. The van der Waals surface area contributed by atoms with E-state index >= 15 is 0 Å². The number of hydrogen-bond donors (Lipinski definition) is 2. The molecule has 2 atom stereocenters. The minimum Gasteiger partial charge on any atom is -0.491 e. The van der Waals surface area contributed by atoms with Crippen LogP contribution in [0.3, 0.4) is 0 Å². The third kappa shape index (κ3) is 5.35. The summed E-state index contributed by atoms with van der Waals surface area (Å²) in [5, 5.41) is 28.2. The molecule has 0 saturated carbocycles. The Bertz CT molecular complexity index is 469. The van der Waals surface area contributed by atoms with E-state index < -0.39 is 6.10 Å². The van der Waals surface area contributed by atoms with Crippen molar-refractivity contribution in [2.45, 2.75) is 31.5 Å². The summed E-state index contributed by atoms with van der Waals surface area (Å²) in [6, 6.07) is 9.42. The fourth-order valence-electron chi connectivity index (χ4n) is 2.53. The quantitative estimate of drug-likeness (QED) is 0.815. The summed E-state index contributed by atoms with van der Waals surface area (Å²) >= 11 is 0. The molecule has 1 aliphatic rings. The number of nitriles is 1. The number of aliphatic hydroxyl groups excluding tert-OH is 2. The lowest BCUT2D eigenvalue weighted by molar-refractivity contribution is 0.0243. The summed E-state index contributed by atoms with van der Waals surface area (Å²) in [7, 11) is 0. The minimum atomic E-state index is -0.575. The van der Waals surface area contributed by atoms with Crippen molar-refractivity contribution in [3.63, 3.8) is 0 Å². The van der Waals surface area contributed by atoms with Gasteiger partial charge in [0.25, 0.3) is 0 Å². The van der Waals surface area contributed by atoms with Gasteiger partial charge in [0.1, 0.15) is 18.5 Å². The number of nitrogens with zero attached hydrogens (tertiary/aromatic N) is 2. The average molecular weight is 290 g/mol. The molecule has 1 fully saturated rings. The van der Waals surface area contributed by atoms with E-state index in [1.54, 1.807) is 0 Å². The van der Waals surface area contributed by atoms with Gasteiger partial charge in [0.2, 0.25) is 0 Å². The maximum Gasteiger partial charge on any atom is 0.119 e. The van der Waals surface area contributed by atoms with E-state index in [2.05, 4.69) is 11.0 Å². The third-order valence-corrected chi connectivity index (χ3v) is 3.60.